The summed E-state index contributed by atoms with van der Waals surface area (Å²) in [6.07, 6.45) is 8.85. The Labute approximate surface area is 196 Å². The maximum Gasteiger partial charge on any atom is 0.310 e. The first-order valence-corrected chi connectivity index (χ1v) is 11.9. The molecule has 2 heterocycles. The lowest BCUT2D eigenvalue weighted by Crippen LogP contribution is -2.56. The van der Waals surface area contributed by atoms with Crippen molar-refractivity contribution in [3.05, 3.63) is 71.3 Å². The zero-order chi connectivity index (χ0) is 23.8. The first-order valence-electron chi connectivity index (χ1n) is 11.9. The van der Waals surface area contributed by atoms with Crippen molar-refractivity contribution in [2.75, 3.05) is 0 Å². The highest BCUT2D eigenvalue weighted by Crippen LogP contribution is 2.50. The number of ketones is 1. The Balaban J connectivity index is 1.78. The highest BCUT2D eigenvalue weighted by atomic mass is 16.6. The molecule has 1 aliphatic carbocycles. The molecule has 0 aromatic heterocycles. The Kier molecular flexibility index (Phi) is 6.42. The van der Waals surface area contributed by atoms with E-state index in [0.29, 0.717) is 18.4 Å². The van der Waals surface area contributed by atoms with Gasteiger partial charge < -0.3 is 10.1 Å². The molecule has 0 radical (unpaired) electrons. The van der Waals surface area contributed by atoms with E-state index >= 15 is 0 Å². The van der Waals surface area contributed by atoms with Crippen LogP contribution in [0, 0.1) is 23.7 Å². The van der Waals surface area contributed by atoms with E-state index in [1.807, 2.05) is 37.3 Å². The van der Waals surface area contributed by atoms with Crippen LogP contribution in [-0.4, -0.2) is 29.3 Å². The summed E-state index contributed by atoms with van der Waals surface area (Å²) >= 11 is 0. The van der Waals surface area contributed by atoms with Crippen molar-refractivity contribution < 1.29 is 19.1 Å². The van der Waals surface area contributed by atoms with E-state index in [1.165, 1.54) is 5.57 Å². The van der Waals surface area contributed by atoms with Crippen LogP contribution in [0.5, 0.6) is 0 Å². The minimum Gasteiger partial charge on any atom is -0.447 e. The lowest BCUT2D eigenvalue weighted by Gasteiger charge is -2.44. The smallest absolute Gasteiger partial charge is 0.310 e. The number of esters is 1. The molecule has 1 N–H and O–H groups in total. The molecule has 1 amide bonds. The molecule has 3 aliphatic rings. The van der Waals surface area contributed by atoms with Crippen molar-refractivity contribution in [3.63, 3.8) is 0 Å². The fourth-order valence-corrected chi connectivity index (χ4v) is 5.68. The van der Waals surface area contributed by atoms with Gasteiger partial charge in [-0.15, -0.1) is 0 Å². The Morgan fingerprint density at radius 3 is 2.55 bits per heavy atom. The van der Waals surface area contributed by atoms with E-state index in [0.717, 1.165) is 5.56 Å². The van der Waals surface area contributed by atoms with Crippen LogP contribution in [-0.2, 0) is 25.5 Å². The predicted octanol–water partition coefficient (Wildman–Crippen LogP) is 4.34. The summed E-state index contributed by atoms with van der Waals surface area (Å²) < 4.78 is 6.15. The fourth-order valence-electron chi connectivity index (χ4n) is 5.68. The molecule has 1 spiro atoms. The van der Waals surface area contributed by atoms with E-state index < -0.39 is 11.6 Å². The monoisotopic (exact) mass is 447 g/mol. The Bertz CT molecular complexity index is 1040. The molecule has 5 heteroatoms. The molecule has 174 valence electrons. The standard InChI is InChI=1S/C28H33NO4/c1-17-9-8-12-22-15-19(3)20(4)25-23(16-21-10-6-5-7-11-21)29-27(32)28(22,25)33-24(30)14-13-18(2)26(17)31/h5-8,10-13,15,17,20,22-23,25H,9,14,16H2,1-4H3,(H,29,32)/b12-8+,18-13+/t17-,20+,22-,23?,25-,28+/m0/s1. The van der Waals surface area contributed by atoms with Gasteiger partial charge in [-0.3, -0.25) is 14.4 Å². The molecule has 0 saturated carbocycles. The van der Waals surface area contributed by atoms with Gasteiger partial charge in [0.05, 0.1) is 6.42 Å². The summed E-state index contributed by atoms with van der Waals surface area (Å²) in [6, 6.07) is 9.94. The van der Waals surface area contributed by atoms with Gasteiger partial charge in [-0.25, -0.2) is 0 Å². The Morgan fingerprint density at radius 1 is 1.09 bits per heavy atom. The number of Topliss-reactive ketones (excluding diaryl/α,β-unsaturated/α-hetero) is 1. The highest BCUT2D eigenvalue weighted by Gasteiger charge is 2.64. The molecule has 1 fully saturated rings. The maximum atomic E-state index is 13.6. The number of nitrogens with one attached hydrogen (secondary N) is 1. The van der Waals surface area contributed by atoms with Crippen molar-refractivity contribution in [2.45, 2.75) is 58.6 Å². The minimum atomic E-state index is -1.29. The van der Waals surface area contributed by atoms with Crippen LogP contribution >= 0.6 is 0 Å². The van der Waals surface area contributed by atoms with E-state index in [9.17, 15) is 14.4 Å². The van der Waals surface area contributed by atoms with Gasteiger partial charge in [0, 0.05) is 23.8 Å². The van der Waals surface area contributed by atoms with Crippen LogP contribution in [0.1, 0.15) is 46.1 Å². The van der Waals surface area contributed by atoms with Gasteiger partial charge in [-0.2, -0.15) is 0 Å². The van der Waals surface area contributed by atoms with Crippen LogP contribution < -0.4 is 5.32 Å². The number of amides is 1. The van der Waals surface area contributed by atoms with Crippen LogP contribution in [0.25, 0.3) is 0 Å². The van der Waals surface area contributed by atoms with Crippen molar-refractivity contribution in [3.8, 4) is 0 Å². The van der Waals surface area contributed by atoms with E-state index in [1.54, 1.807) is 13.0 Å². The second kappa shape index (κ2) is 9.12. The number of ether oxygens (including phenoxy) is 1. The van der Waals surface area contributed by atoms with Crippen LogP contribution in [0.2, 0.25) is 0 Å². The van der Waals surface area contributed by atoms with E-state index in [-0.39, 0.29) is 47.8 Å². The molecular weight excluding hydrogens is 414 g/mol. The van der Waals surface area contributed by atoms with Gasteiger partial charge in [0.15, 0.2) is 5.78 Å². The highest BCUT2D eigenvalue weighted by molar-refractivity contribution is 5.97. The van der Waals surface area contributed by atoms with Crippen molar-refractivity contribution in [1.29, 1.82) is 0 Å². The first-order chi connectivity index (χ1) is 15.7. The van der Waals surface area contributed by atoms with Gasteiger partial charge in [0.2, 0.25) is 5.60 Å². The number of benzene rings is 1. The summed E-state index contributed by atoms with van der Waals surface area (Å²) in [5.41, 5.74) is 1.59. The molecule has 1 aromatic carbocycles. The zero-order valence-electron chi connectivity index (χ0n) is 19.8. The minimum absolute atomic E-state index is 0.0249. The summed E-state index contributed by atoms with van der Waals surface area (Å²) in [5, 5.41) is 3.19. The molecule has 4 rings (SSSR count). The molecule has 6 atom stereocenters. The lowest BCUT2D eigenvalue weighted by molar-refractivity contribution is -0.176. The predicted molar refractivity (Wildman–Crippen MR) is 127 cm³/mol. The van der Waals surface area contributed by atoms with Gasteiger partial charge in [0.25, 0.3) is 5.91 Å². The second-order valence-electron chi connectivity index (χ2n) is 9.81. The summed E-state index contributed by atoms with van der Waals surface area (Å²) in [6.45, 7) is 7.83. The summed E-state index contributed by atoms with van der Waals surface area (Å²) in [5.74, 6) is -1.36. The molecule has 1 aromatic rings. The average Bonchev–Trinajstić information content (AvgIpc) is 3.06. The third-order valence-electron chi connectivity index (χ3n) is 7.62. The van der Waals surface area contributed by atoms with Gasteiger partial charge in [-0.1, -0.05) is 74.1 Å². The summed E-state index contributed by atoms with van der Waals surface area (Å²) in [7, 11) is 0. The number of carbonyl (C=O) groups is 3. The molecule has 5 nitrogen and oxygen atoms in total. The second-order valence-corrected chi connectivity index (χ2v) is 9.81. The number of carbonyl (C=O) groups excluding carboxylic acids is 3. The topological polar surface area (TPSA) is 72.5 Å². The van der Waals surface area contributed by atoms with Crippen LogP contribution in [0.4, 0.5) is 0 Å². The van der Waals surface area contributed by atoms with Crippen molar-refractivity contribution in [1.82, 2.24) is 5.32 Å². The molecule has 1 unspecified atom stereocenters. The van der Waals surface area contributed by atoms with Crippen LogP contribution in [0.15, 0.2) is 65.8 Å². The fraction of sp³-hybridized carbons (Fsp3) is 0.464. The lowest BCUT2D eigenvalue weighted by atomic mass is 9.63. The van der Waals surface area contributed by atoms with E-state index in [2.05, 4.69) is 37.4 Å². The third-order valence-corrected chi connectivity index (χ3v) is 7.62. The number of hydrogen-bond donors (Lipinski definition) is 1. The quantitative estimate of drug-likeness (QED) is 0.541. The summed E-state index contributed by atoms with van der Waals surface area (Å²) in [4.78, 5) is 39.2. The van der Waals surface area contributed by atoms with Gasteiger partial charge in [0.1, 0.15) is 0 Å². The van der Waals surface area contributed by atoms with E-state index in [4.69, 9.17) is 4.74 Å². The third kappa shape index (κ3) is 4.21. The molecule has 2 aliphatic heterocycles. The van der Waals surface area contributed by atoms with Gasteiger partial charge >= 0.3 is 5.97 Å². The van der Waals surface area contributed by atoms with Crippen molar-refractivity contribution >= 4 is 17.7 Å². The molecular formula is C28H33NO4. The normalized spacial score (nSPS) is 37.2. The number of allylic oxidation sites excluding steroid dienone is 3. The molecule has 33 heavy (non-hydrogen) atoms. The first kappa shape index (κ1) is 23.2. The Hall–Kier alpha value is -2.95. The van der Waals surface area contributed by atoms with Gasteiger partial charge in [-0.05, 0) is 43.7 Å². The largest absolute Gasteiger partial charge is 0.447 e. The number of hydrogen-bond acceptors (Lipinski definition) is 4. The zero-order valence-corrected chi connectivity index (χ0v) is 19.8. The van der Waals surface area contributed by atoms with Crippen molar-refractivity contribution in [2.24, 2.45) is 23.7 Å². The maximum absolute atomic E-state index is 13.6. The average molecular weight is 448 g/mol. The Morgan fingerprint density at radius 2 is 1.82 bits per heavy atom. The van der Waals surface area contributed by atoms with Crippen LogP contribution in [0.3, 0.4) is 0 Å². The SMILES string of the molecule is CC1=C[C@@H]2/C=C/C[C@H](C)C(=O)/C(C)=C/CC(=O)O[C@]23C(=O)NC(Cc2ccccc2)[C@@H]3[C@@H]1C. The molecule has 0 bridgehead atoms. The molecule has 1 saturated heterocycles. The number of rotatable bonds is 2.